The number of hydrogen-bond acceptors (Lipinski definition) is 5. The zero-order valence-corrected chi connectivity index (χ0v) is 16.7. The molecule has 0 aliphatic heterocycles. The van der Waals surface area contributed by atoms with Gasteiger partial charge in [-0.15, -0.1) is 0 Å². The van der Waals surface area contributed by atoms with E-state index in [1.165, 1.54) is 13.3 Å². The van der Waals surface area contributed by atoms with Crippen molar-refractivity contribution in [2.75, 3.05) is 12.9 Å². The van der Waals surface area contributed by atoms with Crippen LogP contribution in [0, 0.1) is 0 Å². The van der Waals surface area contributed by atoms with Crippen LogP contribution in [-0.4, -0.2) is 47.0 Å². The van der Waals surface area contributed by atoms with Crippen molar-refractivity contribution in [3.05, 3.63) is 34.7 Å². The Labute approximate surface area is 152 Å². The summed E-state index contributed by atoms with van der Waals surface area (Å²) in [5.41, 5.74) is 0. The van der Waals surface area contributed by atoms with Crippen LogP contribution in [0.1, 0.15) is 13.3 Å². The Morgan fingerprint density at radius 2 is 2.04 bits per heavy atom. The Bertz CT molecular complexity index is 816. The quantitative estimate of drug-likeness (QED) is 0.509. The Kier molecular flexibility index (Phi) is 6.32. The summed E-state index contributed by atoms with van der Waals surface area (Å²) in [5.74, 6) is 0.573. The molecule has 0 N–H and O–H groups in total. The molecule has 0 saturated heterocycles. The summed E-state index contributed by atoms with van der Waals surface area (Å²) in [6, 6.07) is 5.02. The van der Waals surface area contributed by atoms with Crippen LogP contribution in [-0.2, 0) is 9.84 Å². The van der Waals surface area contributed by atoms with Crippen molar-refractivity contribution < 1.29 is 13.2 Å². The Balaban J connectivity index is 2.52. The molecule has 0 atom stereocenters. The number of methoxy groups -OCH3 is 1. The molecule has 1 radical (unpaired) electrons. The molecule has 0 aliphatic rings. The molecule has 23 heavy (non-hydrogen) atoms. The molecular formula is C14H14AsCl2N2O3S. The fourth-order valence-corrected chi connectivity index (χ4v) is 6.80. The van der Waals surface area contributed by atoms with Gasteiger partial charge in [-0.05, 0) is 0 Å². The zero-order chi connectivity index (χ0) is 17.0. The van der Waals surface area contributed by atoms with Gasteiger partial charge in [-0.3, -0.25) is 0 Å². The van der Waals surface area contributed by atoms with Crippen molar-refractivity contribution >= 4 is 57.6 Å². The summed E-state index contributed by atoms with van der Waals surface area (Å²) in [5, 5.41) is 0.468. The second-order valence-corrected chi connectivity index (χ2v) is 9.77. The number of ether oxygens (including phenoxy) is 1. The van der Waals surface area contributed by atoms with Gasteiger partial charge in [0, 0.05) is 0 Å². The van der Waals surface area contributed by atoms with Crippen LogP contribution in [0.25, 0.3) is 0 Å². The van der Waals surface area contributed by atoms with E-state index in [4.69, 9.17) is 27.9 Å². The molecule has 0 unspecified atom stereocenters. The normalized spacial score (nSPS) is 12.0. The average Bonchev–Trinajstić information content (AvgIpc) is 2.51. The van der Waals surface area contributed by atoms with Crippen molar-refractivity contribution in [1.29, 1.82) is 0 Å². The number of hydrogen-bond donors (Lipinski definition) is 0. The minimum absolute atomic E-state index is 0.0759. The van der Waals surface area contributed by atoms with Crippen LogP contribution >= 0.6 is 23.2 Å². The first-order valence-corrected chi connectivity index (χ1v) is 11.0. The molecule has 1 aromatic carbocycles. The predicted molar refractivity (Wildman–Crippen MR) is 92.4 cm³/mol. The van der Waals surface area contributed by atoms with E-state index < -0.39 is 25.6 Å². The molecule has 2 rings (SSSR count). The summed E-state index contributed by atoms with van der Waals surface area (Å²) in [7, 11) is -1.89. The van der Waals surface area contributed by atoms with Crippen LogP contribution in [0.15, 0.2) is 29.3 Å². The summed E-state index contributed by atoms with van der Waals surface area (Å²) < 4.78 is 31.5. The van der Waals surface area contributed by atoms with Gasteiger partial charge < -0.3 is 0 Å². The van der Waals surface area contributed by atoms with Crippen molar-refractivity contribution in [2.45, 2.75) is 18.2 Å². The molecule has 0 spiro atoms. The van der Waals surface area contributed by atoms with Crippen molar-refractivity contribution in [3.8, 4) is 5.75 Å². The number of rotatable bonds is 6. The second kappa shape index (κ2) is 7.84. The molecule has 123 valence electrons. The first-order chi connectivity index (χ1) is 10.9. The molecule has 1 heterocycles. The standard InChI is InChI=1S/C14H14AsCl2N2O3S/c1-3-6-23(20,21)12-7-9(22-2)4-5-10(12)15-13-11(16)8-18-14(17)19-13/h4-5,7-8H,3,6H2,1-2H3. The number of halogens is 2. The number of sulfone groups is 1. The van der Waals surface area contributed by atoms with Gasteiger partial charge in [0.05, 0.1) is 0 Å². The van der Waals surface area contributed by atoms with E-state index in [-0.39, 0.29) is 15.9 Å². The van der Waals surface area contributed by atoms with E-state index in [1.807, 2.05) is 6.92 Å². The van der Waals surface area contributed by atoms with E-state index in [0.29, 0.717) is 26.0 Å². The molecule has 1 aromatic heterocycles. The average molecular weight is 436 g/mol. The molecule has 9 heteroatoms. The van der Waals surface area contributed by atoms with E-state index >= 15 is 0 Å². The fraction of sp³-hybridized carbons (Fsp3) is 0.286. The van der Waals surface area contributed by atoms with Gasteiger partial charge >= 0.3 is 152 Å². The minimum atomic E-state index is -3.39. The van der Waals surface area contributed by atoms with Gasteiger partial charge in [0.15, 0.2) is 0 Å². The zero-order valence-electron chi connectivity index (χ0n) is 12.5. The molecule has 0 amide bonds. The summed E-state index contributed by atoms with van der Waals surface area (Å²) in [6.45, 7) is 1.83. The van der Waals surface area contributed by atoms with Gasteiger partial charge in [-0.1, -0.05) is 0 Å². The SMILES string of the molecule is CCCS(=O)(=O)c1cc(OC)ccc1[As]c1nc(Cl)ncc1Cl. The maximum absolute atomic E-state index is 12.5. The van der Waals surface area contributed by atoms with Crippen molar-refractivity contribution in [1.82, 2.24) is 9.97 Å². The van der Waals surface area contributed by atoms with Gasteiger partial charge in [-0.25, -0.2) is 0 Å². The Morgan fingerprint density at radius 1 is 1.30 bits per heavy atom. The van der Waals surface area contributed by atoms with E-state index in [9.17, 15) is 8.42 Å². The molecular weight excluding hydrogens is 422 g/mol. The molecule has 5 nitrogen and oxygen atoms in total. The van der Waals surface area contributed by atoms with Crippen LogP contribution in [0.3, 0.4) is 0 Å². The van der Waals surface area contributed by atoms with Crippen LogP contribution < -0.4 is 13.6 Å². The third kappa shape index (κ3) is 4.60. The summed E-state index contributed by atoms with van der Waals surface area (Å²) in [4.78, 5) is 8.19. The van der Waals surface area contributed by atoms with Crippen molar-refractivity contribution in [2.24, 2.45) is 0 Å². The molecule has 0 bridgehead atoms. The van der Waals surface area contributed by atoms with Gasteiger partial charge in [0.2, 0.25) is 0 Å². The number of benzene rings is 1. The fourth-order valence-electron chi connectivity index (χ4n) is 1.87. The number of nitrogens with zero attached hydrogens (tertiary/aromatic N) is 2. The second-order valence-electron chi connectivity index (χ2n) is 4.57. The summed E-state index contributed by atoms with van der Waals surface area (Å²) >= 11 is 11.1. The first-order valence-electron chi connectivity index (χ1n) is 6.68. The Morgan fingerprint density at radius 3 is 2.70 bits per heavy atom. The van der Waals surface area contributed by atoms with Crippen molar-refractivity contribution in [3.63, 3.8) is 0 Å². The van der Waals surface area contributed by atoms with Gasteiger partial charge in [0.25, 0.3) is 0 Å². The van der Waals surface area contributed by atoms with E-state index in [2.05, 4.69) is 9.97 Å². The molecule has 2 aromatic rings. The van der Waals surface area contributed by atoms with Crippen LogP contribution in [0.2, 0.25) is 10.3 Å². The monoisotopic (exact) mass is 435 g/mol. The molecule has 0 aliphatic carbocycles. The van der Waals surface area contributed by atoms with Gasteiger partial charge in [0.1, 0.15) is 0 Å². The number of aromatic nitrogens is 2. The van der Waals surface area contributed by atoms with Crippen LogP contribution in [0.4, 0.5) is 0 Å². The third-order valence-corrected chi connectivity index (χ3v) is 8.41. The van der Waals surface area contributed by atoms with Crippen LogP contribution in [0.5, 0.6) is 5.75 Å². The topological polar surface area (TPSA) is 69.2 Å². The van der Waals surface area contributed by atoms with E-state index in [1.54, 1.807) is 18.2 Å². The molecule has 0 fully saturated rings. The van der Waals surface area contributed by atoms with Gasteiger partial charge in [-0.2, -0.15) is 0 Å². The predicted octanol–water partition coefficient (Wildman–Crippen LogP) is 1.63. The molecule has 0 saturated carbocycles. The third-order valence-electron chi connectivity index (χ3n) is 2.90. The maximum atomic E-state index is 12.5. The summed E-state index contributed by atoms with van der Waals surface area (Å²) in [6.07, 6.45) is 1.96. The Hall–Kier alpha value is -0.812. The van der Waals surface area contributed by atoms with E-state index in [0.717, 1.165) is 0 Å². The first kappa shape index (κ1) is 18.5.